The Morgan fingerprint density at radius 3 is 2.70 bits per heavy atom. The third-order valence-corrected chi connectivity index (χ3v) is 3.44. The molecule has 1 saturated heterocycles. The molecule has 0 aliphatic carbocycles. The Morgan fingerprint density at radius 1 is 1.30 bits per heavy atom. The van der Waals surface area contributed by atoms with Crippen LogP contribution < -0.4 is 0 Å². The second-order valence-electron chi connectivity index (χ2n) is 4.91. The predicted octanol–water partition coefficient (Wildman–Crippen LogP) is 0.562. The molecule has 3 rings (SSSR count). The van der Waals surface area contributed by atoms with Crippen molar-refractivity contribution in [1.82, 2.24) is 30.0 Å². The summed E-state index contributed by atoms with van der Waals surface area (Å²) in [6.07, 6.45) is 2.11. The maximum atomic E-state index is 12.3. The van der Waals surface area contributed by atoms with Gasteiger partial charge in [0.05, 0.1) is 5.69 Å². The number of aryl methyl sites for hydroxylation is 1. The summed E-state index contributed by atoms with van der Waals surface area (Å²) in [6.45, 7) is 5.51. The van der Waals surface area contributed by atoms with Gasteiger partial charge in [0.2, 0.25) is 5.89 Å². The molecule has 2 aromatic rings. The number of aromatic nitrogens is 5. The van der Waals surface area contributed by atoms with Crippen molar-refractivity contribution in [2.45, 2.75) is 33.2 Å². The molecule has 0 spiro atoms. The van der Waals surface area contributed by atoms with Crippen LogP contribution in [0.15, 0.2) is 4.52 Å². The van der Waals surface area contributed by atoms with Gasteiger partial charge in [-0.15, -0.1) is 5.10 Å². The lowest BCUT2D eigenvalue weighted by Gasteiger charge is -2.13. The summed E-state index contributed by atoms with van der Waals surface area (Å²) in [6, 6.07) is 0. The lowest BCUT2D eigenvalue weighted by Crippen LogP contribution is -2.28. The summed E-state index contributed by atoms with van der Waals surface area (Å²) < 4.78 is 6.53. The van der Waals surface area contributed by atoms with Crippen molar-refractivity contribution in [3.8, 4) is 0 Å². The van der Waals surface area contributed by atoms with Gasteiger partial charge < -0.3 is 9.42 Å². The quantitative estimate of drug-likeness (QED) is 0.813. The second-order valence-corrected chi connectivity index (χ2v) is 4.91. The Kier molecular flexibility index (Phi) is 3.21. The molecule has 0 unspecified atom stereocenters. The minimum absolute atomic E-state index is 0.0458. The summed E-state index contributed by atoms with van der Waals surface area (Å²) in [5, 5.41) is 11.8. The highest BCUT2D eigenvalue weighted by Gasteiger charge is 2.25. The van der Waals surface area contributed by atoms with Crippen molar-refractivity contribution in [1.29, 1.82) is 0 Å². The summed E-state index contributed by atoms with van der Waals surface area (Å²) in [5.41, 5.74) is 1.14. The Balaban J connectivity index is 1.79. The molecular formula is C12H16N6O2. The van der Waals surface area contributed by atoms with Crippen LogP contribution in [-0.4, -0.2) is 49.0 Å². The highest BCUT2D eigenvalue weighted by Crippen LogP contribution is 2.14. The first kappa shape index (κ1) is 12.8. The highest BCUT2D eigenvalue weighted by molar-refractivity contribution is 5.93. The van der Waals surface area contributed by atoms with Crippen LogP contribution in [0.25, 0.3) is 0 Å². The van der Waals surface area contributed by atoms with E-state index in [-0.39, 0.29) is 5.91 Å². The minimum Gasteiger partial charge on any atom is -0.340 e. The van der Waals surface area contributed by atoms with Crippen LogP contribution in [0, 0.1) is 13.8 Å². The van der Waals surface area contributed by atoms with E-state index in [0.29, 0.717) is 24.0 Å². The Hall–Kier alpha value is -2.25. The molecule has 8 heteroatoms. The number of hydrogen-bond donors (Lipinski definition) is 0. The molecule has 2 aromatic heterocycles. The third-order valence-electron chi connectivity index (χ3n) is 3.44. The zero-order chi connectivity index (χ0) is 14.1. The van der Waals surface area contributed by atoms with Gasteiger partial charge in [-0.25, -0.2) is 4.68 Å². The monoisotopic (exact) mass is 276 g/mol. The van der Waals surface area contributed by atoms with Gasteiger partial charge in [0.15, 0.2) is 11.5 Å². The molecule has 1 amide bonds. The fourth-order valence-corrected chi connectivity index (χ4v) is 2.32. The average molecular weight is 276 g/mol. The Morgan fingerprint density at radius 2 is 2.05 bits per heavy atom. The van der Waals surface area contributed by atoms with Crippen LogP contribution in [-0.2, 0) is 6.54 Å². The minimum atomic E-state index is -0.0458. The topological polar surface area (TPSA) is 89.9 Å². The first-order valence-corrected chi connectivity index (χ1v) is 6.63. The van der Waals surface area contributed by atoms with Crippen molar-refractivity contribution in [3.05, 3.63) is 23.1 Å². The standard InChI is InChI=1S/C12H16N6O2/c1-8-11(12(19)17-5-3-4-6-17)14-16-18(8)7-10-13-9(2)20-15-10/h3-7H2,1-2H3. The van der Waals surface area contributed by atoms with Gasteiger partial charge in [-0.3, -0.25) is 4.79 Å². The summed E-state index contributed by atoms with van der Waals surface area (Å²) in [4.78, 5) is 18.2. The predicted molar refractivity (Wildman–Crippen MR) is 68.0 cm³/mol. The largest absolute Gasteiger partial charge is 0.340 e. The van der Waals surface area contributed by atoms with Gasteiger partial charge >= 0.3 is 0 Å². The molecule has 8 nitrogen and oxygen atoms in total. The number of rotatable bonds is 3. The molecule has 0 aromatic carbocycles. The van der Waals surface area contributed by atoms with E-state index in [0.717, 1.165) is 31.6 Å². The van der Waals surface area contributed by atoms with Crippen LogP contribution in [0.2, 0.25) is 0 Å². The lowest BCUT2D eigenvalue weighted by atomic mass is 10.3. The van der Waals surface area contributed by atoms with Crippen molar-refractivity contribution in [2.75, 3.05) is 13.1 Å². The normalized spacial score (nSPS) is 15.0. The summed E-state index contributed by atoms with van der Waals surface area (Å²) in [7, 11) is 0. The van der Waals surface area contributed by atoms with Crippen molar-refractivity contribution >= 4 is 5.91 Å². The molecule has 106 valence electrons. The molecule has 1 aliphatic heterocycles. The maximum absolute atomic E-state index is 12.3. The molecule has 0 N–H and O–H groups in total. The first-order valence-electron chi connectivity index (χ1n) is 6.63. The number of carbonyl (C=O) groups excluding carboxylic acids is 1. The number of likely N-dealkylation sites (tertiary alicyclic amines) is 1. The molecule has 20 heavy (non-hydrogen) atoms. The van der Waals surface area contributed by atoms with Crippen molar-refractivity contribution in [2.24, 2.45) is 0 Å². The van der Waals surface area contributed by atoms with Crippen LogP contribution in [0.4, 0.5) is 0 Å². The molecule has 0 saturated carbocycles. The smallest absolute Gasteiger partial charge is 0.276 e. The van der Waals surface area contributed by atoms with Gasteiger partial charge in [0, 0.05) is 20.0 Å². The van der Waals surface area contributed by atoms with Gasteiger partial charge in [-0.1, -0.05) is 10.4 Å². The third kappa shape index (κ3) is 2.28. The Labute approximate surface area is 115 Å². The second kappa shape index (κ2) is 5.03. The van der Waals surface area contributed by atoms with Gasteiger partial charge in [-0.2, -0.15) is 4.98 Å². The number of amides is 1. The molecule has 3 heterocycles. The van der Waals surface area contributed by atoms with E-state index < -0.39 is 0 Å². The van der Waals surface area contributed by atoms with Gasteiger partial charge in [0.25, 0.3) is 5.91 Å². The molecule has 0 bridgehead atoms. The van der Waals surface area contributed by atoms with Crippen LogP contribution in [0.1, 0.15) is 40.7 Å². The molecular weight excluding hydrogens is 260 g/mol. The number of hydrogen-bond acceptors (Lipinski definition) is 6. The lowest BCUT2D eigenvalue weighted by molar-refractivity contribution is 0.0786. The zero-order valence-corrected chi connectivity index (χ0v) is 11.5. The van der Waals surface area contributed by atoms with E-state index in [1.165, 1.54) is 0 Å². The maximum Gasteiger partial charge on any atom is 0.276 e. The fraction of sp³-hybridized carbons (Fsp3) is 0.583. The molecule has 0 radical (unpaired) electrons. The summed E-state index contributed by atoms with van der Waals surface area (Å²) in [5.74, 6) is 0.984. The van der Waals surface area contributed by atoms with E-state index in [2.05, 4.69) is 20.5 Å². The summed E-state index contributed by atoms with van der Waals surface area (Å²) >= 11 is 0. The van der Waals surface area contributed by atoms with E-state index in [1.807, 2.05) is 11.8 Å². The zero-order valence-electron chi connectivity index (χ0n) is 11.5. The van der Waals surface area contributed by atoms with Crippen molar-refractivity contribution in [3.63, 3.8) is 0 Å². The van der Waals surface area contributed by atoms with Gasteiger partial charge in [-0.05, 0) is 19.8 Å². The SMILES string of the molecule is Cc1nc(Cn2nnc(C(=O)N3CCCC3)c2C)no1. The Bertz CT molecular complexity index is 626. The molecule has 1 fully saturated rings. The fourth-order valence-electron chi connectivity index (χ4n) is 2.32. The van der Waals surface area contributed by atoms with E-state index in [9.17, 15) is 4.79 Å². The van der Waals surface area contributed by atoms with Crippen LogP contribution in [0.5, 0.6) is 0 Å². The number of nitrogens with zero attached hydrogens (tertiary/aromatic N) is 6. The van der Waals surface area contributed by atoms with E-state index >= 15 is 0 Å². The molecule has 0 atom stereocenters. The van der Waals surface area contributed by atoms with E-state index in [4.69, 9.17) is 4.52 Å². The average Bonchev–Trinajstić information content (AvgIpc) is 3.13. The van der Waals surface area contributed by atoms with Crippen LogP contribution >= 0.6 is 0 Å². The highest BCUT2D eigenvalue weighted by atomic mass is 16.5. The van der Waals surface area contributed by atoms with Crippen LogP contribution in [0.3, 0.4) is 0 Å². The van der Waals surface area contributed by atoms with Crippen molar-refractivity contribution < 1.29 is 9.32 Å². The van der Waals surface area contributed by atoms with Gasteiger partial charge in [0.1, 0.15) is 6.54 Å². The van der Waals surface area contributed by atoms with E-state index in [1.54, 1.807) is 11.6 Å². The number of carbonyl (C=O) groups is 1. The first-order chi connectivity index (χ1) is 9.65. The molecule has 1 aliphatic rings.